The summed E-state index contributed by atoms with van der Waals surface area (Å²) in [4.78, 5) is 19.1. The number of sulfonamides is 1. The number of aryl methyl sites for hydroxylation is 2. The number of benzene rings is 1. The van der Waals surface area contributed by atoms with Gasteiger partial charge in [-0.05, 0) is 30.9 Å². The van der Waals surface area contributed by atoms with E-state index in [1.807, 2.05) is 30.5 Å². The van der Waals surface area contributed by atoms with Gasteiger partial charge in [0.15, 0.2) is 0 Å². The van der Waals surface area contributed by atoms with Gasteiger partial charge in [0.1, 0.15) is 5.82 Å². The van der Waals surface area contributed by atoms with Crippen molar-refractivity contribution in [3.8, 4) is 0 Å². The van der Waals surface area contributed by atoms with Crippen molar-refractivity contribution in [2.75, 3.05) is 24.2 Å². The number of carbonyl (C=O) groups is 1. The summed E-state index contributed by atoms with van der Waals surface area (Å²) in [5.41, 5.74) is 2.71. The molecule has 4 rings (SSSR count). The Hall–Kier alpha value is -2.19. The molecular weight excluding hydrogens is 364 g/mol. The summed E-state index contributed by atoms with van der Waals surface area (Å²) in [5, 5.41) is 0. The van der Waals surface area contributed by atoms with Gasteiger partial charge in [0, 0.05) is 31.4 Å². The molecule has 27 heavy (non-hydrogen) atoms. The van der Waals surface area contributed by atoms with Crippen molar-refractivity contribution >= 4 is 21.6 Å². The summed E-state index contributed by atoms with van der Waals surface area (Å²) in [6, 6.07) is 7.77. The molecule has 0 N–H and O–H groups in total. The fourth-order valence-electron chi connectivity index (χ4n) is 3.85. The first-order chi connectivity index (χ1) is 12.9. The molecule has 1 aromatic carbocycles. The highest BCUT2D eigenvalue weighted by atomic mass is 32.2. The van der Waals surface area contributed by atoms with Crippen LogP contribution in [0.1, 0.15) is 29.9 Å². The van der Waals surface area contributed by atoms with Crippen LogP contribution in [0.4, 0.5) is 5.69 Å². The second kappa shape index (κ2) is 7.09. The Bertz CT molecular complexity index is 944. The van der Waals surface area contributed by atoms with Gasteiger partial charge in [-0.25, -0.2) is 13.4 Å². The molecule has 0 bridgehead atoms. The van der Waals surface area contributed by atoms with Gasteiger partial charge >= 0.3 is 0 Å². The van der Waals surface area contributed by atoms with Crippen LogP contribution in [-0.2, 0) is 40.7 Å². The third-order valence-corrected chi connectivity index (χ3v) is 6.46. The zero-order valence-corrected chi connectivity index (χ0v) is 16.3. The van der Waals surface area contributed by atoms with Gasteiger partial charge in [-0.2, -0.15) is 4.31 Å². The van der Waals surface area contributed by atoms with E-state index in [-0.39, 0.29) is 19.0 Å². The first kappa shape index (κ1) is 18.2. The Morgan fingerprint density at radius 3 is 2.78 bits per heavy atom. The Morgan fingerprint density at radius 1 is 1.19 bits per heavy atom. The van der Waals surface area contributed by atoms with Crippen LogP contribution in [0.25, 0.3) is 0 Å². The maximum absolute atomic E-state index is 12.8. The third kappa shape index (κ3) is 3.77. The van der Waals surface area contributed by atoms with Gasteiger partial charge in [0.05, 0.1) is 25.0 Å². The minimum absolute atomic E-state index is 0.125. The molecule has 0 unspecified atom stereocenters. The molecule has 3 heterocycles. The number of amides is 1. The number of hydrogen-bond donors (Lipinski definition) is 0. The standard InChI is InChI=1S/C19H24N4O3S/c1-27(25,26)22(13-16-12-21-10-5-4-8-18(21)20-16)14-19(24)23-11-9-15-6-2-3-7-17(15)23/h2-3,6-7,12H,4-5,8-11,13-14H2,1H3. The molecule has 0 atom stereocenters. The second-order valence-corrected chi connectivity index (χ2v) is 9.24. The number of aromatic nitrogens is 2. The Labute approximate surface area is 159 Å². The molecule has 7 nitrogen and oxygen atoms in total. The Kier molecular flexibility index (Phi) is 4.77. The van der Waals surface area contributed by atoms with E-state index in [0.29, 0.717) is 12.2 Å². The number of hydrogen-bond acceptors (Lipinski definition) is 4. The SMILES string of the molecule is CS(=O)(=O)N(CC(=O)N1CCc2ccccc21)Cc1cn2c(n1)CCCC2. The van der Waals surface area contributed by atoms with E-state index >= 15 is 0 Å². The van der Waals surface area contributed by atoms with Crippen LogP contribution >= 0.6 is 0 Å². The second-order valence-electron chi connectivity index (χ2n) is 7.25. The summed E-state index contributed by atoms with van der Waals surface area (Å²) in [6.07, 6.45) is 7.01. The van der Waals surface area contributed by atoms with Gasteiger partial charge in [-0.15, -0.1) is 0 Å². The molecule has 0 radical (unpaired) electrons. The van der Waals surface area contributed by atoms with Gasteiger partial charge in [-0.1, -0.05) is 18.2 Å². The van der Waals surface area contributed by atoms with E-state index in [1.54, 1.807) is 4.90 Å². The molecule has 0 fully saturated rings. The van der Waals surface area contributed by atoms with Crippen molar-refractivity contribution < 1.29 is 13.2 Å². The summed E-state index contributed by atoms with van der Waals surface area (Å²) in [5.74, 6) is 0.804. The largest absolute Gasteiger partial charge is 0.335 e. The molecule has 0 spiro atoms. The van der Waals surface area contributed by atoms with Crippen LogP contribution in [0.15, 0.2) is 30.5 Å². The lowest BCUT2D eigenvalue weighted by Crippen LogP contribution is -2.41. The van der Waals surface area contributed by atoms with Crippen molar-refractivity contribution in [2.45, 2.75) is 38.8 Å². The molecule has 0 saturated heterocycles. The highest BCUT2D eigenvalue weighted by Gasteiger charge is 2.29. The first-order valence-electron chi connectivity index (χ1n) is 9.30. The van der Waals surface area contributed by atoms with Crippen LogP contribution in [-0.4, -0.2) is 47.5 Å². The van der Waals surface area contributed by atoms with Crippen molar-refractivity contribution in [1.29, 1.82) is 0 Å². The molecule has 1 aromatic heterocycles. The summed E-state index contributed by atoms with van der Waals surface area (Å²) >= 11 is 0. The molecule has 0 saturated carbocycles. The quantitative estimate of drug-likeness (QED) is 0.779. The average molecular weight is 388 g/mol. The van der Waals surface area contributed by atoms with Crippen LogP contribution in [0.3, 0.4) is 0 Å². The van der Waals surface area contributed by atoms with Gasteiger partial charge in [0.2, 0.25) is 15.9 Å². The molecule has 0 aliphatic carbocycles. The van der Waals surface area contributed by atoms with Crippen LogP contribution in [0.5, 0.6) is 0 Å². The lowest BCUT2D eigenvalue weighted by atomic mass is 10.2. The molecule has 2 aliphatic heterocycles. The lowest BCUT2D eigenvalue weighted by molar-refractivity contribution is -0.118. The minimum atomic E-state index is -3.53. The average Bonchev–Trinajstić information content (AvgIpc) is 3.23. The van der Waals surface area contributed by atoms with E-state index in [0.717, 1.165) is 55.6 Å². The maximum atomic E-state index is 12.8. The van der Waals surface area contributed by atoms with Crippen molar-refractivity contribution in [1.82, 2.24) is 13.9 Å². The Balaban J connectivity index is 1.51. The molecule has 2 aromatic rings. The smallest absolute Gasteiger partial charge is 0.242 e. The Morgan fingerprint density at radius 2 is 2.00 bits per heavy atom. The molecule has 8 heteroatoms. The maximum Gasteiger partial charge on any atom is 0.242 e. The highest BCUT2D eigenvalue weighted by molar-refractivity contribution is 7.88. The number of anilines is 1. The van der Waals surface area contributed by atoms with Crippen molar-refractivity contribution in [2.24, 2.45) is 0 Å². The predicted molar refractivity (Wildman–Crippen MR) is 103 cm³/mol. The number of nitrogens with zero attached hydrogens (tertiary/aromatic N) is 4. The van der Waals surface area contributed by atoms with Crippen LogP contribution in [0.2, 0.25) is 0 Å². The predicted octanol–water partition coefficient (Wildman–Crippen LogP) is 1.57. The summed E-state index contributed by atoms with van der Waals surface area (Å²) in [7, 11) is -3.53. The zero-order valence-electron chi connectivity index (χ0n) is 15.5. The number of carbonyl (C=O) groups excluding carboxylic acids is 1. The third-order valence-electron chi connectivity index (χ3n) is 5.27. The number of fused-ring (bicyclic) bond motifs is 2. The molecule has 1 amide bonds. The van der Waals surface area contributed by atoms with Crippen LogP contribution < -0.4 is 4.90 Å². The minimum Gasteiger partial charge on any atom is -0.335 e. The number of imidazole rings is 1. The molecular formula is C19H24N4O3S. The normalized spacial score (nSPS) is 16.4. The first-order valence-corrected chi connectivity index (χ1v) is 11.1. The van der Waals surface area contributed by atoms with Crippen molar-refractivity contribution in [3.05, 3.63) is 47.5 Å². The van der Waals surface area contributed by atoms with E-state index in [9.17, 15) is 13.2 Å². The summed E-state index contributed by atoms with van der Waals surface area (Å²) in [6.45, 7) is 1.47. The zero-order chi connectivity index (χ0) is 19.0. The van der Waals surface area contributed by atoms with E-state index in [2.05, 4.69) is 9.55 Å². The topological polar surface area (TPSA) is 75.5 Å². The molecule has 2 aliphatic rings. The lowest BCUT2D eigenvalue weighted by Gasteiger charge is -2.23. The highest BCUT2D eigenvalue weighted by Crippen LogP contribution is 2.27. The fraction of sp³-hybridized carbons (Fsp3) is 0.474. The molecule has 144 valence electrons. The van der Waals surface area contributed by atoms with Gasteiger partial charge in [-0.3, -0.25) is 4.79 Å². The summed E-state index contributed by atoms with van der Waals surface area (Å²) < 4.78 is 27.9. The number of para-hydroxylation sites is 1. The van der Waals surface area contributed by atoms with E-state index < -0.39 is 10.0 Å². The van der Waals surface area contributed by atoms with E-state index in [4.69, 9.17) is 0 Å². The number of rotatable bonds is 5. The monoisotopic (exact) mass is 388 g/mol. The van der Waals surface area contributed by atoms with E-state index in [1.165, 1.54) is 4.31 Å². The van der Waals surface area contributed by atoms with Crippen molar-refractivity contribution in [3.63, 3.8) is 0 Å². The van der Waals surface area contributed by atoms with Gasteiger partial charge in [0.25, 0.3) is 0 Å². The van der Waals surface area contributed by atoms with Gasteiger partial charge < -0.3 is 9.47 Å². The van der Waals surface area contributed by atoms with Crippen LogP contribution in [0, 0.1) is 0 Å². The fourth-order valence-corrected chi connectivity index (χ4v) is 4.56.